The van der Waals surface area contributed by atoms with Crippen molar-refractivity contribution in [1.29, 1.82) is 0 Å². The smallest absolute Gasteiger partial charge is 0.00914 e. The zero-order valence-corrected chi connectivity index (χ0v) is 14.5. The maximum atomic E-state index is 3.77. The van der Waals surface area contributed by atoms with Crippen LogP contribution in [0, 0.1) is 11.8 Å². The van der Waals surface area contributed by atoms with Gasteiger partial charge in [-0.3, -0.25) is 0 Å². The number of piperidine rings is 1. The predicted molar refractivity (Wildman–Crippen MR) is 90.2 cm³/mol. The minimum absolute atomic E-state index is 0.786. The Morgan fingerprint density at radius 1 is 0.900 bits per heavy atom. The van der Waals surface area contributed by atoms with E-state index in [9.17, 15) is 0 Å². The number of hydrogen-bond acceptors (Lipinski definition) is 2. The number of rotatable bonds is 10. The molecule has 20 heavy (non-hydrogen) atoms. The van der Waals surface area contributed by atoms with Crippen LogP contribution in [0.15, 0.2) is 0 Å². The molecule has 0 aliphatic carbocycles. The lowest BCUT2D eigenvalue weighted by Crippen LogP contribution is -2.43. The fourth-order valence-electron chi connectivity index (χ4n) is 3.17. The minimum Gasteiger partial charge on any atom is -0.314 e. The first-order valence-corrected chi connectivity index (χ1v) is 9.03. The first-order chi connectivity index (χ1) is 9.58. The van der Waals surface area contributed by atoms with Gasteiger partial charge in [0.05, 0.1) is 0 Å². The van der Waals surface area contributed by atoms with E-state index in [4.69, 9.17) is 0 Å². The van der Waals surface area contributed by atoms with E-state index in [-0.39, 0.29) is 0 Å². The molecule has 1 aliphatic rings. The number of unbranched alkanes of at least 4 members (excludes halogenated alkanes) is 3. The maximum absolute atomic E-state index is 3.77. The van der Waals surface area contributed by atoms with Crippen LogP contribution < -0.4 is 5.32 Å². The Kier molecular flexibility index (Phi) is 9.54. The average molecular weight is 283 g/mol. The van der Waals surface area contributed by atoms with Gasteiger partial charge in [0.1, 0.15) is 0 Å². The van der Waals surface area contributed by atoms with Gasteiger partial charge >= 0.3 is 0 Å². The summed E-state index contributed by atoms with van der Waals surface area (Å²) in [5, 5.41) is 3.77. The largest absolute Gasteiger partial charge is 0.314 e. The molecule has 0 aromatic heterocycles. The van der Waals surface area contributed by atoms with E-state index in [0.717, 1.165) is 17.9 Å². The van der Waals surface area contributed by atoms with Gasteiger partial charge in [0.15, 0.2) is 0 Å². The molecule has 0 atom stereocenters. The van der Waals surface area contributed by atoms with E-state index < -0.39 is 0 Å². The van der Waals surface area contributed by atoms with Crippen molar-refractivity contribution in [3.63, 3.8) is 0 Å². The summed E-state index contributed by atoms with van der Waals surface area (Å²) in [4.78, 5) is 2.63. The summed E-state index contributed by atoms with van der Waals surface area (Å²) in [5.41, 5.74) is 0. The van der Waals surface area contributed by atoms with Gasteiger partial charge in [-0.15, -0.1) is 0 Å². The number of nitrogens with zero attached hydrogens (tertiary/aromatic N) is 1. The molecule has 2 heteroatoms. The lowest BCUT2D eigenvalue weighted by molar-refractivity contribution is 0.180. The van der Waals surface area contributed by atoms with Gasteiger partial charge in [0.2, 0.25) is 0 Å². The topological polar surface area (TPSA) is 15.3 Å². The Hall–Kier alpha value is -0.0800. The molecule has 120 valence electrons. The molecule has 0 aromatic rings. The zero-order valence-electron chi connectivity index (χ0n) is 14.5. The van der Waals surface area contributed by atoms with E-state index >= 15 is 0 Å². The van der Waals surface area contributed by atoms with Crippen molar-refractivity contribution >= 4 is 0 Å². The van der Waals surface area contributed by atoms with Gasteiger partial charge in [-0.1, -0.05) is 53.4 Å². The second-order valence-corrected chi connectivity index (χ2v) is 7.52. The molecule has 0 spiro atoms. The molecule has 0 amide bonds. The van der Waals surface area contributed by atoms with Gasteiger partial charge in [-0.05, 0) is 50.7 Å². The van der Waals surface area contributed by atoms with Crippen molar-refractivity contribution in [1.82, 2.24) is 10.2 Å². The van der Waals surface area contributed by atoms with Crippen molar-refractivity contribution in [2.45, 2.75) is 78.7 Å². The molecule has 1 fully saturated rings. The van der Waals surface area contributed by atoms with Crippen LogP contribution in [0.1, 0.15) is 72.6 Å². The summed E-state index contributed by atoms with van der Waals surface area (Å²) in [6.45, 7) is 14.4. The van der Waals surface area contributed by atoms with Crippen molar-refractivity contribution < 1.29 is 0 Å². The van der Waals surface area contributed by atoms with E-state index in [1.54, 1.807) is 0 Å². The fraction of sp³-hybridized carbons (Fsp3) is 1.00. The van der Waals surface area contributed by atoms with E-state index in [1.807, 2.05) is 0 Å². The summed E-state index contributed by atoms with van der Waals surface area (Å²) < 4.78 is 0. The first-order valence-electron chi connectivity index (χ1n) is 9.03. The number of likely N-dealkylation sites (tertiary alicyclic amines) is 1. The monoisotopic (exact) mass is 282 g/mol. The zero-order chi connectivity index (χ0) is 14.8. The van der Waals surface area contributed by atoms with Crippen LogP contribution in [-0.4, -0.2) is 37.1 Å². The van der Waals surface area contributed by atoms with Gasteiger partial charge in [-0.25, -0.2) is 0 Å². The average Bonchev–Trinajstić information content (AvgIpc) is 2.38. The van der Waals surface area contributed by atoms with Crippen LogP contribution in [0.2, 0.25) is 0 Å². The third-order valence-electron chi connectivity index (χ3n) is 4.35. The molecule has 0 bridgehead atoms. The summed E-state index contributed by atoms with van der Waals surface area (Å²) in [7, 11) is 0. The van der Waals surface area contributed by atoms with Crippen LogP contribution >= 0.6 is 0 Å². The number of hydrogen-bond donors (Lipinski definition) is 1. The van der Waals surface area contributed by atoms with E-state index in [2.05, 4.69) is 37.9 Å². The fourth-order valence-corrected chi connectivity index (χ4v) is 3.17. The highest BCUT2D eigenvalue weighted by Crippen LogP contribution is 2.13. The Balaban J connectivity index is 1.91. The lowest BCUT2D eigenvalue weighted by atomic mass is 10.0. The van der Waals surface area contributed by atoms with E-state index in [0.29, 0.717) is 0 Å². The molecule has 1 saturated heterocycles. The SMILES string of the molecule is CC(C)CCCCCCNC1CCN(CC(C)C)CC1. The molecule has 1 rings (SSSR count). The highest BCUT2D eigenvalue weighted by Gasteiger charge is 2.18. The minimum atomic E-state index is 0.786. The molecule has 0 radical (unpaired) electrons. The van der Waals surface area contributed by atoms with Gasteiger partial charge < -0.3 is 10.2 Å². The van der Waals surface area contributed by atoms with Crippen molar-refractivity contribution in [2.24, 2.45) is 11.8 Å². The molecule has 0 aromatic carbocycles. The van der Waals surface area contributed by atoms with Gasteiger partial charge in [-0.2, -0.15) is 0 Å². The normalized spacial score (nSPS) is 18.3. The third kappa shape index (κ3) is 8.97. The third-order valence-corrected chi connectivity index (χ3v) is 4.35. The van der Waals surface area contributed by atoms with Crippen LogP contribution in [0.3, 0.4) is 0 Å². The van der Waals surface area contributed by atoms with Crippen molar-refractivity contribution in [3.8, 4) is 0 Å². The Labute approximate surface area is 127 Å². The number of nitrogens with one attached hydrogen (secondary N) is 1. The van der Waals surface area contributed by atoms with Crippen LogP contribution in [0.5, 0.6) is 0 Å². The standard InChI is InChI=1S/C18H38N2/c1-16(2)9-7-5-6-8-12-19-18-10-13-20(14-11-18)15-17(3)4/h16-19H,5-15H2,1-4H3. The van der Waals surface area contributed by atoms with Crippen LogP contribution in [-0.2, 0) is 0 Å². The summed E-state index contributed by atoms with van der Waals surface area (Å²) in [6, 6.07) is 0.786. The first kappa shape index (κ1) is 18.0. The van der Waals surface area contributed by atoms with Crippen LogP contribution in [0.25, 0.3) is 0 Å². The van der Waals surface area contributed by atoms with Gasteiger partial charge in [0, 0.05) is 12.6 Å². The molecule has 2 nitrogen and oxygen atoms in total. The molecular formula is C18H38N2. The predicted octanol–water partition coefficient (Wildman–Crippen LogP) is 4.30. The Morgan fingerprint density at radius 3 is 2.15 bits per heavy atom. The molecule has 1 heterocycles. The Bertz CT molecular complexity index is 217. The molecular weight excluding hydrogens is 244 g/mol. The lowest BCUT2D eigenvalue weighted by Gasteiger charge is -2.33. The summed E-state index contributed by atoms with van der Waals surface area (Å²) in [6.07, 6.45) is 9.72. The Morgan fingerprint density at radius 2 is 1.55 bits per heavy atom. The maximum Gasteiger partial charge on any atom is 0.00914 e. The summed E-state index contributed by atoms with van der Waals surface area (Å²) >= 11 is 0. The highest BCUT2D eigenvalue weighted by molar-refractivity contribution is 4.77. The molecule has 0 saturated carbocycles. The van der Waals surface area contributed by atoms with E-state index in [1.165, 1.54) is 71.1 Å². The molecule has 1 N–H and O–H groups in total. The second kappa shape index (κ2) is 10.6. The van der Waals surface area contributed by atoms with Crippen molar-refractivity contribution in [3.05, 3.63) is 0 Å². The summed E-state index contributed by atoms with van der Waals surface area (Å²) in [5.74, 6) is 1.69. The highest BCUT2D eigenvalue weighted by atomic mass is 15.1. The molecule has 1 aliphatic heterocycles. The van der Waals surface area contributed by atoms with Crippen molar-refractivity contribution in [2.75, 3.05) is 26.2 Å². The van der Waals surface area contributed by atoms with Crippen LogP contribution in [0.4, 0.5) is 0 Å². The second-order valence-electron chi connectivity index (χ2n) is 7.52. The van der Waals surface area contributed by atoms with Gasteiger partial charge in [0.25, 0.3) is 0 Å². The quantitative estimate of drug-likeness (QED) is 0.601. The molecule has 0 unspecified atom stereocenters.